The Kier molecular flexibility index (Phi) is 10.5. The number of hydrazone groups is 1. The van der Waals surface area contributed by atoms with Crippen LogP contribution in [0.4, 0.5) is 0 Å². The summed E-state index contributed by atoms with van der Waals surface area (Å²) in [6.45, 7) is 5.65. The average molecular weight is 304 g/mol. The van der Waals surface area contributed by atoms with Gasteiger partial charge in [-0.1, -0.05) is 26.7 Å². The van der Waals surface area contributed by atoms with Gasteiger partial charge in [0.1, 0.15) is 5.10 Å². The van der Waals surface area contributed by atoms with Crippen LogP contribution in [0.3, 0.4) is 0 Å². The molecule has 0 atom stereocenters. The summed E-state index contributed by atoms with van der Waals surface area (Å²) >= 11 is 0. The minimum atomic E-state index is -0.756. The summed E-state index contributed by atoms with van der Waals surface area (Å²) in [5, 5.41) is 25.5. The maximum atomic E-state index is 10.6. The van der Waals surface area contributed by atoms with E-state index in [1.54, 1.807) is 0 Å². The molecule has 0 aromatic rings. The first-order valence-corrected chi connectivity index (χ1v) is 7.10. The van der Waals surface area contributed by atoms with Gasteiger partial charge in [-0.05, 0) is 12.8 Å². The predicted octanol–water partition coefficient (Wildman–Crippen LogP) is 0.807. The maximum Gasteiger partial charge on any atom is 0.271 e. The molecule has 0 aliphatic carbocycles. The molecule has 0 aromatic carbocycles. The van der Waals surface area contributed by atoms with Crippen molar-refractivity contribution in [3.8, 4) is 0 Å². The molecule has 0 unspecified atom stereocenters. The highest BCUT2D eigenvalue weighted by Gasteiger charge is 2.14. The van der Waals surface area contributed by atoms with Crippen molar-refractivity contribution in [2.75, 3.05) is 26.2 Å². The minimum Gasteiger partial charge on any atom is -0.349 e. The van der Waals surface area contributed by atoms with Crippen LogP contribution in [0.1, 0.15) is 39.5 Å². The van der Waals surface area contributed by atoms with Crippen LogP contribution in [0.2, 0.25) is 0 Å². The van der Waals surface area contributed by atoms with Crippen LogP contribution in [0, 0.1) is 20.2 Å². The molecule has 0 fully saturated rings. The van der Waals surface area contributed by atoms with Crippen LogP contribution in [-0.2, 0) is 0 Å². The number of unbranched alkanes of at least 4 members (excludes halogenated alkanes) is 2. The summed E-state index contributed by atoms with van der Waals surface area (Å²) < 4.78 is 0. The van der Waals surface area contributed by atoms with Crippen molar-refractivity contribution in [3.63, 3.8) is 0 Å². The second-order valence-electron chi connectivity index (χ2n) is 4.45. The molecule has 122 valence electrons. The molecular weight excluding hydrogens is 280 g/mol. The molecule has 0 amide bonds. The lowest BCUT2D eigenvalue weighted by molar-refractivity contribution is -0.543. The second-order valence-corrected chi connectivity index (χ2v) is 4.45. The van der Waals surface area contributed by atoms with Gasteiger partial charge in [0.05, 0.1) is 6.54 Å². The quantitative estimate of drug-likeness (QED) is 0.190. The van der Waals surface area contributed by atoms with Gasteiger partial charge in [-0.15, -0.1) is 5.43 Å². The van der Waals surface area contributed by atoms with E-state index in [1.807, 2.05) is 24.2 Å². The lowest BCUT2D eigenvalue weighted by atomic mass is 10.3. The van der Waals surface area contributed by atoms with Crippen molar-refractivity contribution in [1.82, 2.24) is 15.6 Å². The van der Waals surface area contributed by atoms with E-state index in [4.69, 9.17) is 0 Å². The highest BCUT2D eigenvalue weighted by atomic mass is 16.7. The fourth-order valence-electron chi connectivity index (χ4n) is 1.63. The van der Waals surface area contributed by atoms with E-state index in [9.17, 15) is 20.2 Å². The third-order valence-electron chi connectivity index (χ3n) is 2.69. The first-order chi connectivity index (χ1) is 10.0. The number of nitrogens with one attached hydrogen (secondary N) is 2. The van der Waals surface area contributed by atoms with Crippen LogP contribution in [0.5, 0.6) is 0 Å². The molecule has 10 nitrogen and oxygen atoms in total. The number of guanidine groups is 1. The molecular formula is C11H24N6O4. The van der Waals surface area contributed by atoms with E-state index in [0.717, 1.165) is 25.7 Å². The highest BCUT2D eigenvalue weighted by Crippen LogP contribution is 2.00. The van der Waals surface area contributed by atoms with E-state index < -0.39 is 10.1 Å². The van der Waals surface area contributed by atoms with Crippen molar-refractivity contribution in [1.29, 1.82) is 0 Å². The maximum absolute atomic E-state index is 10.6. The van der Waals surface area contributed by atoms with Gasteiger partial charge >= 0.3 is 0 Å². The first-order valence-electron chi connectivity index (χ1n) is 7.10. The molecule has 0 aliphatic heterocycles. The van der Waals surface area contributed by atoms with Gasteiger partial charge in [0, 0.05) is 19.6 Å². The van der Waals surface area contributed by atoms with E-state index in [2.05, 4.69) is 10.4 Å². The smallest absolute Gasteiger partial charge is 0.271 e. The Morgan fingerprint density at radius 1 is 1.10 bits per heavy atom. The van der Waals surface area contributed by atoms with Crippen LogP contribution in [0.15, 0.2) is 5.10 Å². The Morgan fingerprint density at radius 3 is 2.10 bits per heavy atom. The monoisotopic (exact) mass is 304 g/mol. The molecule has 10 heteroatoms. The van der Waals surface area contributed by atoms with Gasteiger partial charge in [-0.3, -0.25) is 0 Å². The second kappa shape index (κ2) is 11.7. The molecule has 0 rings (SSSR count). The summed E-state index contributed by atoms with van der Waals surface area (Å²) in [5.41, 5.74) is 2.00. The normalized spacial score (nSPS) is 11.0. The van der Waals surface area contributed by atoms with Crippen LogP contribution in [0.25, 0.3) is 0 Å². The number of hydrogen-bond acceptors (Lipinski definition) is 4. The zero-order valence-corrected chi connectivity index (χ0v) is 12.6. The largest absolute Gasteiger partial charge is 0.349 e. The SMILES string of the molecule is CCCCN(CCCC)/C(=N\[N+](=O)[O-])NCCN[N+](=O)[O-]. The van der Waals surface area contributed by atoms with E-state index in [-0.39, 0.29) is 19.0 Å². The Labute approximate surface area is 123 Å². The molecule has 0 saturated heterocycles. The molecule has 0 spiro atoms. The summed E-state index contributed by atoms with van der Waals surface area (Å²) in [4.78, 5) is 22.6. The van der Waals surface area contributed by atoms with E-state index in [1.165, 1.54) is 0 Å². The van der Waals surface area contributed by atoms with E-state index >= 15 is 0 Å². The third-order valence-corrected chi connectivity index (χ3v) is 2.69. The van der Waals surface area contributed by atoms with E-state index in [0.29, 0.717) is 13.1 Å². The van der Waals surface area contributed by atoms with Gasteiger partial charge in [-0.2, -0.15) is 0 Å². The standard InChI is InChI=1S/C11H24N6O4/c1-3-5-9-15(10-6-4-2)11(14-17(20)21)12-7-8-13-16(18)19/h13H,3-10H2,1-2H3,(H,12,14). The van der Waals surface area contributed by atoms with Crippen LogP contribution < -0.4 is 10.7 Å². The fraction of sp³-hybridized carbons (Fsp3) is 0.909. The Hall–Kier alpha value is -2.13. The van der Waals surface area contributed by atoms with Crippen LogP contribution in [-0.4, -0.2) is 47.1 Å². The molecule has 0 aromatic heterocycles. The number of nitro groups is 2. The van der Waals surface area contributed by atoms with Gasteiger partial charge in [0.2, 0.25) is 0 Å². The molecule has 0 aliphatic rings. The lowest BCUT2D eigenvalue weighted by Crippen LogP contribution is -2.45. The number of rotatable bonds is 11. The number of hydrazine groups is 1. The number of nitrogens with zero attached hydrogens (tertiary/aromatic N) is 4. The topological polar surface area (TPSA) is 126 Å². The Bertz CT molecular complexity index is 342. The number of hydrogen-bond donors (Lipinski definition) is 2. The van der Waals surface area contributed by atoms with Crippen molar-refractivity contribution in [2.45, 2.75) is 39.5 Å². The lowest BCUT2D eigenvalue weighted by Gasteiger charge is -2.24. The molecule has 0 radical (unpaired) electrons. The highest BCUT2D eigenvalue weighted by molar-refractivity contribution is 5.79. The predicted molar refractivity (Wildman–Crippen MR) is 78.8 cm³/mol. The van der Waals surface area contributed by atoms with Crippen molar-refractivity contribution >= 4 is 5.96 Å². The van der Waals surface area contributed by atoms with Crippen LogP contribution >= 0.6 is 0 Å². The average Bonchev–Trinajstić information content (AvgIpc) is 2.42. The summed E-state index contributed by atoms with van der Waals surface area (Å²) in [6, 6.07) is 0. The summed E-state index contributed by atoms with van der Waals surface area (Å²) in [6.07, 6.45) is 3.74. The van der Waals surface area contributed by atoms with Crippen molar-refractivity contribution in [2.24, 2.45) is 5.10 Å². The Morgan fingerprint density at radius 2 is 1.67 bits per heavy atom. The van der Waals surface area contributed by atoms with Gasteiger partial charge in [0.15, 0.2) is 10.1 Å². The zero-order chi connectivity index (χ0) is 16.1. The summed E-state index contributed by atoms with van der Waals surface area (Å²) in [7, 11) is 0. The zero-order valence-electron chi connectivity index (χ0n) is 12.6. The first kappa shape index (κ1) is 18.9. The fourth-order valence-corrected chi connectivity index (χ4v) is 1.63. The minimum absolute atomic E-state index is 0.0547. The molecule has 0 saturated carbocycles. The van der Waals surface area contributed by atoms with Gasteiger partial charge in [-0.25, -0.2) is 20.2 Å². The molecule has 2 N–H and O–H groups in total. The van der Waals surface area contributed by atoms with Gasteiger partial charge < -0.3 is 10.2 Å². The summed E-state index contributed by atoms with van der Waals surface area (Å²) in [5.74, 6) is 0.159. The third kappa shape index (κ3) is 10.3. The molecule has 0 bridgehead atoms. The molecule has 21 heavy (non-hydrogen) atoms. The van der Waals surface area contributed by atoms with Crippen molar-refractivity contribution in [3.05, 3.63) is 20.2 Å². The Balaban J connectivity index is 4.63. The molecule has 0 heterocycles. The van der Waals surface area contributed by atoms with Crippen molar-refractivity contribution < 1.29 is 10.1 Å². The van der Waals surface area contributed by atoms with Gasteiger partial charge in [0.25, 0.3) is 5.96 Å².